The zero-order valence-corrected chi connectivity index (χ0v) is 12.4. The van der Waals surface area contributed by atoms with Gasteiger partial charge in [-0.05, 0) is 43.7 Å². The smallest absolute Gasteiger partial charge is 0.0219 e. The van der Waals surface area contributed by atoms with E-state index >= 15 is 0 Å². The second-order valence-electron chi connectivity index (χ2n) is 5.69. The molecule has 17 heavy (non-hydrogen) atoms. The molecule has 96 valence electrons. The summed E-state index contributed by atoms with van der Waals surface area (Å²) in [5.74, 6) is 1.70. The molecule has 1 aromatic rings. The fraction of sp³-hybridized carbons (Fsp3) is 0.733. The number of hydrogen-bond acceptors (Lipinski definition) is 2. The monoisotopic (exact) mass is 251 g/mol. The molecule has 0 radical (unpaired) electrons. The average molecular weight is 251 g/mol. The SMILES string of the molecule is Cc1cc(CNC2CCCC(C)C2C)c(C)s1. The summed E-state index contributed by atoms with van der Waals surface area (Å²) < 4.78 is 0. The lowest BCUT2D eigenvalue weighted by atomic mass is 9.78. The Labute approximate surface area is 110 Å². The Bertz CT molecular complexity index is 369. The van der Waals surface area contributed by atoms with E-state index in [1.54, 1.807) is 0 Å². The highest BCUT2D eigenvalue weighted by atomic mass is 32.1. The van der Waals surface area contributed by atoms with Gasteiger partial charge in [0.05, 0.1) is 0 Å². The molecule has 0 amide bonds. The van der Waals surface area contributed by atoms with Crippen LogP contribution in [0.2, 0.25) is 0 Å². The number of hydrogen-bond donors (Lipinski definition) is 1. The Hall–Kier alpha value is -0.340. The standard InChI is InChI=1S/C15H25NS/c1-10-6-5-7-15(12(10)3)16-9-14-8-11(2)17-13(14)4/h8,10,12,15-16H,5-7,9H2,1-4H3. The van der Waals surface area contributed by atoms with E-state index in [-0.39, 0.29) is 0 Å². The molecule has 2 heteroatoms. The van der Waals surface area contributed by atoms with Crippen molar-refractivity contribution in [3.05, 3.63) is 21.4 Å². The number of rotatable bonds is 3. The van der Waals surface area contributed by atoms with Gasteiger partial charge in [-0.1, -0.05) is 26.7 Å². The third-order valence-electron chi connectivity index (χ3n) is 4.41. The highest BCUT2D eigenvalue weighted by Crippen LogP contribution is 2.30. The van der Waals surface area contributed by atoms with Gasteiger partial charge in [0.2, 0.25) is 0 Å². The summed E-state index contributed by atoms with van der Waals surface area (Å²) in [7, 11) is 0. The average Bonchev–Trinajstić information content (AvgIpc) is 2.60. The van der Waals surface area contributed by atoms with Crippen LogP contribution in [0.4, 0.5) is 0 Å². The van der Waals surface area contributed by atoms with Crippen LogP contribution >= 0.6 is 11.3 Å². The Balaban J connectivity index is 1.91. The number of thiophene rings is 1. The molecule has 1 aliphatic carbocycles. The Kier molecular flexibility index (Phi) is 4.26. The lowest BCUT2D eigenvalue weighted by molar-refractivity contribution is 0.206. The summed E-state index contributed by atoms with van der Waals surface area (Å²) >= 11 is 1.92. The number of aryl methyl sites for hydroxylation is 2. The molecule has 3 atom stereocenters. The normalized spacial score (nSPS) is 29.5. The molecule has 0 saturated heterocycles. The van der Waals surface area contributed by atoms with E-state index in [4.69, 9.17) is 0 Å². The molecule has 1 heterocycles. The third kappa shape index (κ3) is 3.11. The molecule has 0 aliphatic heterocycles. The topological polar surface area (TPSA) is 12.0 Å². The zero-order valence-electron chi connectivity index (χ0n) is 11.5. The van der Waals surface area contributed by atoms with Crippen LogP contribution in [0.1, 0.15) is 48.4 Å². The van der Waals surface area contributed by atoms with E-state index < -0.39 is 0 Å². The fourth-order valence-corrected chi connectivity index (χ4v) is 3.92. The second kappa shape index (κ2) is 5.53. The fourth-order valence-electron chi connectivity index (χ4n) is 2.97. The van der Waals surface area contributed by atoms with Crippen LogP contribution in [0.3, 0.4) is 0 Å². The molecule has 1 nitrogen and oxygen atoms in total. The van der Waals surface area contributed by atoms with Gasteiger partial charge in [-0.2, -0.15) is 0 Å². The molecule has 0 spiro atoms. The van der Waals surface area contributed by atoms with Crippen LogP contribution in [0.25, 0.3) is 0 Å². The van der Waals surface area contributed by atoms with E-state index in [9.17, 15) is 0 Å². The van der Waals surface area contributed by atoms with Gasteiger partial charge in [-0.3, -0.25) is 0 Å². The van der Waals surface area contributed by atoms with Crippen LogP contribution < -0.4 is 5.32 Å². The molecule has 1 aromatic heterocycles. The van der Waals surface area contributed by atoms with E-state index in [2.05, 4.69) is 39.1 Å². The Morgan fingerprint density at radius 1 is 1.29 bits per heavy atom. The Morgan fingerprint density at radius 2 is 2.06 bits per heavy atom. The van der Waals surface area contributed by atoms with Crippen LogP contribution in [0, 0.1) is 25.7 Å². The van der Waals surface area contributed by atoms with E-state index in [1.807, 2.05) is 11.3 Å². The minimum Gasteiger partial charge on any atom is -0.310 e. The molecule has 2 rings (SSSR count). The van der Waals surface area contributed by atoms with E-state index in [0.717, 1.165) is 24.4 Å². The maximum Gasteiger partial charge on any atom is 0.0219 e. The van der Waals surface area contributed by atoms with Crippen LogP contribution in [-0.2, 0) is 6.54 Å². The van der Waals surface area contributed by atoms with Gasteiger partial charge in [-0.15, -0.1) is 11.3 Å². The highest BCUT2D eigenvalue weighted by molar-refractivity contribution is 7.12. The molecular formula is C15H25NS. The van der Waals surface area contributed by atoms with Crippen molar-refractivity contribution in [2.45, 2.75) is 59.5 Å². The van der Waals surface area contributed by atoms with Crippen molar-refractivity contribution in [3.8, 4) is 0 Å². The summed E-state index contributed by atoms with van der Waals surface area (Å²) in [5.41, 5.74) is 1.50. The van der Waals surface area contributed by atoms with Crippen LogP contribution in [0.5, 0.6) is 0 Å². The first-order valence-corrected chi connectivity index (χ1v) is 7.69. The van der Waals surface area contributed by atoms with Crippen molar-refractivity contribution in [2.24, 2.45) is 11.8 Å². The van der Waals surface area contributed by atoms with Gasteiger partial charge in [0.25, 0.3) is 0 Å². The molecule has 1 saturated carbocycles. The third-order valence-corrected chi connectivity index (χ3v) is 5.41. The van der Waals surface area contributed by atoms with Crippen LogP contribution in [0.15, 0.2) is 6.07 Å². The predicted molar refractivity (Wildman–Crippen MR) is 76.6 cm³/mol. The van der Waals surface area contributed by atoms with Crippen molar-refractivity contribution in [1.29, 1.82) is 0 Å². The maximum atomic E-state index is 3.78. The largest absolute Gasteiger partial charge is 0.310 e. The van der Waals surface area contributed by atoms with Crippen molar-refractivity contribution >= 4 is 11.3 Å². The minimum absolute atomic E-state index is 0.721. The lowest BCUT2D eigenvalue weighted by Gasteiger charge is -2.34. The van der Waals surface area contributed by atoms with Gasteiger partial charge in [0.1, 0.15) is 0 Å². The summed E-state index contributed by atoms with van der Waals surface area (Å²) in [6, 6.07) is 3.06. The minimum atomic E-state index is 0.721. The molecule has 1 fully saturated rings. The van der Waals surface area contributed by atoms with Crippen molar-refractivity contribution in [3.63, 3.8) is 0 Å². The summed E-state index contributed by atoms with van der Waals surface area (Å²) in [6.07, 6.45) is 4.16. The van der Waals surface area contributed by atoms with Crippen molar-refractivity contribution in [2.75, 3.05) is 0 Å². The maximum absolute atomic E-state index is 3.78. The highest BCUT2D eigenvalue weighted by Gasteiger charge is 2.26. The van der Waals surface area contributed by atoms with E-state index in [1.165, 1.54) is 34.6 Å². The molecule has 1 N–H and O–H groups in total. The van der Waals surface area contributed by atoms with Gasteiger partial charge in [0, 0.05) is 22.3 Å². The Morgan fingerprint density at radius 3 is 2.71 bits per heavy atom. The van der Waals surface area contributed by atoms with E-state index in [0.29, 0.717) is 0 Å². The zero-order chi connectivity index (χ0) is 12.4. The molecular weight excluding hydrogens is 226 g/mol. The molecule has 1 aliphatic rings. The molecule has 0 aromatic carbocycles. The van der Waals surface area contributed by atoms with Crippen molar-refractivity contribution in [1.82, 2.24) is 5.32 Å². The predicted octanol–water partition coefficient (Wildman–Crippen LogP) is 4.28. The summed E-state index contributed by atoms with van der Waals surface area (Å²) in [5, 5.41) is 3.78. The molecule has 0 bridgehead atoms. The first-order valence-electron chi connectivity index (χ1n) is 6.87. The molecule has 3 unspecified atom stereocenters. The second-order valence-corrected chi connectivity index (χ2v) is 7.15. The quantitative estimate of drug-likeness (QED) is 0.845. The first kappa shape index (κ1) is 13.1. The van der Waals surface area contributed by atoms with Crippen molar-refractivity contribution < 1.29 is 0 Å². The van der Waals surface area contributed by atoms with Gasteiger partial charge < -0.3 is 5.32 Å². The van der Waals surface area contributed by atoms with Gasteiger partial charge >= 0.3 is 0 Å². The summed E-state index contributed by atoms with van der Waals surface area (Å²) in [4.78, 5) is 2.91. The number of nitrogens with one attached hydrogen (secondary N) is 1. The summed E-state index contributed by atoms with van der Waals surface area (Å²) in [6.45, 7) is 10.3. The van der Waals surface area contributed by atoms with Gasteiger partial charge in [0.15, 0.2) is 0 Å². The van der Waals surface area contributed by atoms with Crippen LogP contribution in [-0.4, -0.2) is 6.04 Å². The lowest BCUT2D eigenvalue weighted by Crippen LogP contribution is -2.40. The first-order chi connectivity index (χ1) is 8.08. The van der Waals surface area contributed by atoms with Gasteiger partial charge in [-0.25, -0.2) is 0 Å².